The number of nitrogens with one attached hydrogen (secondary N) is 1. The highest BCUT2D eigenvalue weighted by atomic mass is 35.5. The molecule has 0 unspecified atom stereocenters. The molecule has 0 aliphatic carbocycles. The van der Waals surface area contributed by atoms with Crippen molar-refractivity contribution in [2.24, 2.45) is 0 Å². The van der Waals surface area contributed by atoms with Gasteiger partial charge in [0.25, 0.3) is 0 Å². The molecule has 1 amide bonds. The first-order valence-electron chi connectivity index (χ1n) is 6.54. The summed E-state index contributed by atoms with van der Waals surface area (Å²) in [6.07, 6.45) is -4.31. The molecule has 8 heteroatoms. The van der Waals surface area contributed by atoms with Crippen molar-refractivity contribution in [3.05, 3.63) is 22.8 Å². The van der Waals surface area contributed by atoms with E-state index in [1.165, 1.54) is 0 Å². The fourth-order valence-electron chi connectivity index (χ4n) is 1.78. The summed E-state index contributed by atoms with van der Waals surface area (Å²) in [5.41, 5.74) is -0.875. The van der Waals surface area contributed by atoms with E-state index in [-0.39, 0.29) is 29.8 Å². The van der Waals surface area contributed by atoms with Crippen LogP contribution in [-0.4, -0.2) is 35.4 Å². The highest BCUT2D eigenvalue weighted by Crippen LogP contribution is 2.31. The van der Waals surface area contributed by atoms with Gasteiger partial charge >= 0.3 is 6.18 Å². The third-order valence-electron chi connectivity index (χ3n) is 2.88. The van der Waals surface area contributed by atoms with E-state index in [0.717, 1.165) is 12.1 Å². The highest BCUT2D eigenvalue weighted by Gasteiger charge is 2.31. The first kappa shape index (κ1) is 17.6. The number of nitrogens with zero attached hydrogens (tertiary/aromatic N) is 2. The molecule has 0 aromatic carbocycles. The van der Waals surface area contributed by atoms with Crippen molar-refractivity contribution in [1.82, 2.24) is 9.88 Å². The largest absolute Gasteiger partial charge is 0.416 e. The van der Waals surface area contributed by atoms with E-state index in [4.69, 9.17) is 11.6 Å². The van der Waals surface area contributed by atoms with E-state index in [2.05, 4.69) is 10.3 Å². The molecule has 0 aliphatic heterocycles. The van der Waals surface area contributed by atoms with Gasteiger partial charge in [0.05, 0.1) is 5.56 Å². The highest BCUT2D eigenvalue weighted by molar-refractivity contribution is 6.29. The van der Waals surface area contributed by atoms with Crippen LogP contribution in [0.15, 0.2) is 12.1 Å². The summed E-state index contributed by atoms with van der Waals surface area (Å²) in [4.78, 5) is 17.2. The predicted octanol–water partition coefficient (Wildman–Crippen LogP) is 3.42. The first-order valence-corrected chi connectivity index (χ1v) is 6.92. The minimum atomic E-state index is -4.49. The molecular formula is C13H17ClF3N3O. The summed E-state index contributed by atoms with van der Waals surface area (Å²) < 4.78 is 37.9. The van der Waals surface area contributed by atoms with Crippen molar-refractivity contribution in [2.75, 3.05) is 25.0 Å². The molecule has 0 fully saturated rings. The van der Waals surface area contributed by atoms with Crippen LogP contribution >= 0.6 is 11.6 Å². The average molecular weight is 324 g/mol. The zero-order valence-electron chi connectivity index (χ0n) is 11.8. The van der Waals surface area contributed by atoms with E-state index in [0.29, 0.717) is 13.1 Å². The molecule has 1 rings (SSSR count). The Labute approximate surface area is 126 Å². The number of amides is 1. The van der Waals surface area contributed by atoms with E-state index >= 15 is 0 Å². The second-order valence-electron chi connectivity index (χ2n) is 4.30. The smallest absolute Gasteiger partial charge is 0.369 e. The van der Waals surface area contributed by atoms with Crippen molar-refractivity contribution in [2.45, 2.75) is 26.4 Å². The van der Waals surface area contributed by atoms with Crippen molar-refractivity contribution in [3.63, 3.8) is 0 Å². The third kappa shape index (κ3) is 5.41. The van der Waals surface area contributed by atoms with Gasteiger partial charge in [-0.25, -0.2) is 4.98 Å². The maximum absolute atomic E-state index is 12.6. The molecular weight excluding hydrogens is 307 g/mol. The van der Waals surface area contributed by atoms with Crippen LogP contribution in [0.1, 0.15) is 25.8 Å². The molecule has 0 aliphatic rings. The van der Waals surface area contributed by atoms with Crippen LogP contribution in [0.3, 0.4) is 0 Å². The van der Waals surface area contributed by atoms with Gasteiger partial charge in [0.15, 0.2) is 0 Å². The van der Waals surface area contributed by atoms with Crippen LogP contribution in [0.4, 0.5) is 19.0 Å². The number of pyridine rings is 1. The Kier molecular flexibility index (Phi) is 6.26. The SMILES string of the molecule is CCN(CC)C(=O)CCNc1cc(C(F)(F)F)cc(Cl)n1. The minimum absolute atomic E-state index is 0.00201. The second-order valence-corrected chi connectivity index (χ2v) is 4.69. The molecule has 1 aromatic heterocycles. The molecule has 0 radical (unpaired) electrons. The average Bonchev–Trinajstić information content (AvgIpc) is 2.38. The summed E-state index contributed by atoms with van der Waals surface area (Å²) in [5.74, 6) is -0.0623. The van der Waals surface area contributed by atoms with Gasteiger partial charge in [0, 0.05) is 26.1 Å². The topological polar surface area (TPSA) is 45.2 Å². The van der Waals surface area contributed by atoms with Crippen molar-refractivity contribution in [1.29, 1.82) is 0 Å². The molecule has 0 saturated carbocycles. The van der Waals surface area contributed by atoms with Gasteiger partial charge in [-0.2, -0.15) is 13.2 Å². The van der Waals surface area contributed by atoms with E-state index in [1.54, 1.807) is 4.90 Å². The number of hydrogen-bond acceptors (Lipinski definition) is 3. The second kappa shape index (κ2) is 7.49. The molecule has 0 saturated heterocycles. The fourth-order valence-corrected chi connectivity index (χ4v) is 1.99. The van der Waals surface area contributed by atoms with Gasteiger partial charge in [-0.05, 0) is 26.0 Å². The van der Waals surface area contributed by atoms with Crippen molar-refractivity contribution in [3.8, 4) is 0 Å². The minimum Gasteiger partial charge on any atom is -0.369 e. The molecule has 1 aromatic rings. The van der Waals surface area contributed by atoms with Crippen LogP contribution < -0.4 is 5.32 Å². The molecule has 0 spiro atoms. The monoisotopic (exact) mass is 323 g/mol. The summed E-state index contributed by atoms with van der Waals surface area (Å²) in [6, 6.07) is 1.63. The lowest BCUT2D eigenvalue weighted by Gasteiger charge is -2.18. The maximum Gasteiger partial charge on any atom is 0.416 e. The van der Waals surface area contributed by atoms with Crippen LogP contribution in [0.2, 0.25) is 5.15 Å². The van der Waals surface area contributed by atoms with E-state index in [9.17, 15) is 18.0 Å². The van der Waals surface area contributed by atoms with Crippen LogP contribution in [0.25, 0.3) is 0 Å². The lowest BCUT2D eigenvalue weighted by atomic mass is 10.2. The molecule has 4 nitrogen and oxygen atoms in total. The first-order chi connectivity index (χ1) is 9.77. The number of aromatic nitrogens is 1. The summed E-state index contributed by atoms with van der Waals surface area (Å²) >= 11 is 5.57. The normalized spacial score (nSPS) is 11.3. The van der Waals surface area contributed by atoms with Crippen molar-refractivity contribution < 1.29 is 18.0 Å². The summed E-state index contributed by atoms with van der Waals surface area (Å²) in [5, 5.41) is 2.44. The Bertz CT molecular complexity index is 490. The fraction of sp³-hybridized carbons (Fsp3) is 0.538. The quantitative estimate of drug-likeness (QED) is 0.816. The lowest BCUT2D eigenvalue weighted by molar-refractivity contribution is -0.137. The zero-order valence-corrected chi connectivity index (χ0v) is 12.6. The third-order valence-corrected chi connectivity index (χ3v) is 3.08. The van der Waals surface area contributed by atoms with Gasteiger partial charge in [0.2, 0.25) is 5.91 Å². The Hall–Kier alpha value is -1.50. The summed E-state index contributed by atoms with van der Waals surface area (Å²) in [6.45, 7) is 5.12. The standard InChI is InChI=1S/C13H17ClF3N3O/c1-3-20(4-2)12(21)5-6-18-11-8-9(13(15,16)17)7-10(14)19-11/h7-8H,3-6H2,1-2H3,(H,18,19). The number of carbonyl (C=O) groups excluding carboxylic acids is 1. The number of rotatable bonds is 6. The molecule has 1 heterocycles. The van der Waals surface area contributed by atoms with E-state index in [1.807, 2.05) is 13.8 Å². The van der Waals surface area contributed by atoms with Crippen LogP contribution in [0, 0.1) is 0 Å². The summed E-state index contributed by atoms with van der Waals surface area (Å²) in [7, 11) is 0. The Balaban J connectivity index is 2.64. The number of anilines is 1. The maximum atomic E-state index is 12.6. The number of halogens is 4. The molecule has 118 valence electrons. The number of carbonyl (C=O) groups is 1. The Morgan fingerprint density at radius 3 is 2.48 bits per heavy atom. The van der Waals surface area contributed by atoms with Gasteiger partial charge in [-0.3, -0.25) is 4.79 Å². The van der Waals surface area contributed by atoms with Gasteiger partial charge in [-0.1, -0.05) is 11.6 Å². The Morgan fingerprint density at radius 1 is 1.33 bits per heavy atom. The predicted molar refractivity (Wildman–Crippen MR) is 75.3 cm³/mol. The van der Waals surface area contributed by atoms with Gasteiger partial charge in [0.1, 0.15) is 11.0 Å². The van der Waals surface area contributed by atoms with Gasteiger partial charge in [-0.15, -0.1) is 0 Å². The lowest BCUT2D eigenvalue weighted by Crippen LogP contribution is -2.31. The molecule has 21 heavy (non-hydrogen) atoms. The van der Waals surface area contributed by atoms with Crippen molar-refractivity contribution >= 4 is 23.3 Å². The van der Waals surface area contributed by atoms with Crippen LogP contribution in [0.5, 0.6) is 0 Å². The molecule has 0 atom stereocenters. The molecule has 0 bridgehead atoms. The number of alkyl halides is 3. The zero-order chi connectivity index (χ0) is 16.0. The van der Waals surface area contributed by atoms with Crippen LogP contribution in [-0.2, 0) is 11.0 Å². The Morgan fingerprint density at radius 2 is 1.95 bits per heavy atom. The number of hydrogen-bond donors (Lipinski definition) is 1. The molecule has 1 N–H and O–H groups in total. The van der Waals surface area contributed by atoms with E-state index < -0.39 is 11.7 Å². The van der Waals surface area contributed by atoms with Gasteiger partial charge < -0.3 is 10.2 Å².